The molecule has 33 heavy (non-hydrogen) atoms. The van der Waals surface area contributed by atoms with Crippen molar-refractivity contribution in [1.29, 1.82) is 5.26 Å². The molecule has 0 amide bonds. The Balaban J connectivity index is 1.66. The quantitative estimate of drug-likeness (QED) is 0.350. The number of nitrogens with zero attached hydrogens (tertiary/aromatic N) is 2. The minimum absolute atomic E-state index is 0.250. The first-order chi connectivity index (χ1) is 16.0. The van der Waals surface area contributed by atoms with Crippen molar-refractivity contribution in [3.05, 3.63) is 58.1 Å². The average Bonchev–Trinajstić information content (AvgIpc) is 2.85. The Morgan fingerprint density at radius 3 is 2.58 bits per heavy atom. The van der Waals surface area contributed by atoms with Crippen LogP contribution in [0.25, 0.3) is 0 Å². The third-order valence-corrected chi connectivity index (χ3v) is 6.30. The van der Waals surface area contributed by atoms with E-state index in [-0.39, 0.29) is 24.1 Å². The number of hydrogen-bond donors (Lipinski definition) is 0. The van der Waals surface area contributed by atoms with E-state index in [0.717, 1.165) is 5.56 Å². The van der Waals surface area contributed by atoms with Gasteiger partial charge in [0, 0.05) is 11.3 Å². The number of hydrogen-bond acceptors (Lipinski definition) is 7. The number of nitro groups is 1. The molecule has 0 saturated heterocycles. The fourth-order valence-corrected chi connectivity index (χ4v) is 4.29. The van der Waals surface area contributed by atoms with E-state index in [4.69, 9.17) is 18.9 Å². The van der Waals surface area contributed by atoms with Crippen LogP contribution in [0.4, 0.5) is 0 Å². The van der Waals surface area contributed by atoms with Crippen molar-refractivity contribution in [2.75, 3.05) is 20.8 Å². The summed E-state index contributed by atoms with van der Waals surface area (Å²) in [7, 11) is 3.12. The average molecular weight is 455 g/mol. The molecule has 0 N–H and O–H groups in total. The summed E-state index contributed by atoms with van der Waals surface area (Å²) in [6.07, 6.45) is 1.84. The van der Waals surface area contributed by atoms with Gasteiger partial charge < -0.3 is 18.9 Å². The van der Waals surface area contributed by atoms with Crippen molar-refractivity contribution in [3.63, 3.8) is 0 Å². The zero-order valence-electron chi connectivity index (χ0n) is 19.3. The molecule has 0 aromatic heterocycles. The van der Waals surface area contributed by atoms with Gasteiger partial charge in [-0.15, -0.1) is 0 Å². The van der Waals surface area contributed by atoms with Crippen molar-refractivity contribution < 1.29 is 23.9 Å². The molecule has 3 rings (SSSR count). The zero-order valence-corrected chi connectivity index (χ0v) is 19.3. The molecule has 8 nitrogen and oxygen atoms in total. The minimum atomic E-state index is -0.775. The third kappa shape index (κ3) is 5.48. The molecule has 1 aliphatic heterocycles. The van der Waals surface area contributed by atoms with Crippen LogP contribution in [-0.2, 0) is 5.41 Å². The number of fused-ring (bicyclic) bond motifs is 1. The molecule has 0 saturated carbocycles. The predicted molar refractivity (Wildman–Crippen MR) is 123 cm³/mol. The van der Waals surface area contributed by atoms with Gasteiger partial charge in [-0.25, -0.2) is 0 Å². The number of methoxy groups -OCH3 is 2. The van der Waals surface area contributed by atoms with Gasteiger partial charge in [0.2, 0.25) is 6.04 Å². The summed E-state index contributed by atoms with van der Waals surface area (Å²) in [6, 6.07) is 14.5. The standard InChI is InChI=1S/C25H30N2O6/c1-4-25(17-26,18-11-12-21(30-2)24(14-18)31-3)13-7-8-19(27(28)29)15-20-16-32-22-9-5-6-10-23(22)33-20/h5-6,9-12,14,19-20H,4,7-8,13,15-16H2,1-3H3. The Kier molecular flexibility index (Phi) is 7.99. The normalized spacial score (nSPS) is 17.3. The lowest BCUT2D eigenvalue weighted by molar-refractivity contribution is -0.526. The number of para-hydroxylation sites is 2. The van der Waals surface area contributed by atoms with Crippen LogP contribution in [0.5, 0.6) is 23.0 Å². The monoisotopic (exact) mass is 454 g/mol. The fraction of sp³-hybridized carbons (Fsp3) is 0.480. The molecule has 176 valence electrons. The lowest BCUT2D eigenvalue weighted by Crippen LogP contribution is -2.35. The fourth-order valence-electron chi connectivity index (χ4n) is 4.29. The van der Waals surface area contributed by atoms with Gasteiger partial charge in [0.25, 0.3) is 0 Å². The van der Waals surface area contributed by atoms with E-state index in [0.29, 0.717) is 48.7 Å². The van der Waals surface area contributed by atoms with Gasteiger partial charge in [0.05, 0.1) is 32.1 Å². The van der Waals surface area contributed by atoms with Crippen molar-refractivity contribution in [2.24, 2.45) is 0 Å². The second kappa shape index (κ2) is 10.9. The summed E-state index contributed by atoms with van der Waals surface area (Å²) in [4.78, 5) is 11.5. The van der Waals surface area contributed by atoms with E-state index in [1.54, 1.807) is 26.4 Å². The molecule has 0 aliphatic carbocycles. The Morgan fingerprint density at radius 1 is 1.21 bits per heavy atom. The van der Waals surface area contributed by atoms with Crippen LogP contribution in [0.2, 0.25) is 0 Å². The van der Waals surface area contributed by atoms with E-state index in [9.17, 15) is 15.4 Å². The van der Waals surface area contributed by atoms with Crippen LogP contribution in [0, 0.1) is 21.4 Å². The highest BCUT2D eigenvalue weighted by Crippen LogP contribution is 2.38. The number of rotatable bonds is 11. The molecular weight excluding hydrogens is 424 g/mol. The number of benzene rings is 2. The molecule has 1 aliphatic rings. The van der Waals surface area contributed by atoms with E-state index in [1.165, 1.54) is 0 Å². The van der Waals surface area contributed by atoms with Gasteiger partial charge in [-0.2, -0.15) is 5.26 Å². The van der Waals surface area contributed by atoms with E-state index >= 15 is 0 Å². The minimum Gasteiger partial charge on any atom is -0.493 e. The maximum atomic E-state index is 11.8. The topological polar surface area (TPSA) is 104 Å². The summed E-state index contributed by atoms with van der Waals surface area (Å²) < 4.78 is 22.3. The van der Waals surface area contributed by atoms with Gasteiger partial charge in [0.15, 0.2) is 23.0 Å². The highest BCUT2D eigenvalue weighted by molar-refractivity contribution is 5.47. The first-order valence-electron chi connectivity index (χ1n) is 11.1. The van der Waals surface area contributed by atoms with Crippen molar-refractivity contribution in [3.8, 4) is 29.1 Å². The molecule has 0 fully saturated rings. The van der Waals surface area contributed by atoms with Crippen LogP contribution in [0.15, 0.2) is 42.5 Å². The second-order valence-electron chi connectivity index (χ2n) is 8.18. The van der Waals surface area contributed by atoms with E-state index in [1.807, 2.05) is 37.3 Å². The Labute approximate surface area is 194 Å². The van der Waals surface area contributed by atoms with E-state index < -0.39 is 11.5 Å². The van der Waals surface area contributed by atoms with Crippen molar-refractivity contribution in [1.82, 2.24) is 0 Å². The summed E-state index contributed by atoms with van der Waals surface area (Å²) in [6.45, 7) is 2.24. The van der Waals surface area contributed by atoms with Crippen LogP contribution in [0.3, 0.4) is 0 Å². The second-order valence-corrected chi connectivity index (χ2v) is 8.18. The first-order valence-corrected chi connectivity index (χ1v) is 11.1. The SMILES string of the molecule is CCC(C#N)(CCCC(CC1COc2ccccc2O1)[N+](=O)[O-])c1ccc(OC)c(OC)c1. The van der Waals surface area contributed by atoms with Gasteiger partial charge in [-0.3, -0.25) is 10.1 Å². The van der Waals surface area contributed by atoms with E-state index in [2.05, 4.69) is 6.07 Å². The molecule has 2 aromatic carbocycles. The Morgan fingerprint density at radius 2 is 1.94 bits per heavy atom. The maximum absolute atomic E-state index is 11.8. The van der Waals surface area contributed by atoms with Gasteiger partial charge in [-0.05, 0) is 49.1 Å². The molecule has 3 atom stereocenters. The van der Waals surface area contributed by atoms with Gasteiger partial charge in [-0.1, -0.05) is 25.1 Å². The third-order valence-electron chi connectivity index (χ3n) is 6.30. The number of nitriles is 1. The Hall–Kier alpha value is -3.47. The summed E-state index contributed by atoms with van der Waals surface area (Å²) >= 11 is 0. The first kappa shape index (κ1) is 24.2. The molecular formula is C25H30N2O6. The van der Waals surface area contributed by atoms with Gasteiger partial charge >= 0.3 is 0 Å². The predicted octanol–water partition coefficient (Wildman–Crippen LogP) is 4.92. The van der Waals surface area contributed by atoms with Crippen LogP contribution >= 0.6 is 0 Å². The Bertz CT molecular complexity index is 1000. The molecule has 0 spiro atoms. The molecule has 1 heterocycles. The molecule has 2 aromatic rings. The maximum Gasteiger partial charge on any atom is 0.216 e. The molecule has 3 unspecified atom stereocenters. The lowest BCUT2D eigenvalue weighted by Gasteiger charge is -2.28. The highest BCUT2D eigenvalue weighted by Gasteiger charge is 2.34. The number of ether oxygens (including phenoxy) is 4. The van der Waals surface area contributed by atoms with Crippen LogP contribution in [0.1, 0.15) is 44.6 Å². The smallest absolute Gasteiger partial charge is 0.216 e. The summed E-state index contributed by atoms with van der Waals surface area (Å²) in [5, 5.41) is 21.8. The lowest BCUT2D eigenvalue weighted by atomic mass is 9.75. The summed E-state index contributed by atoms with van der Waals surface area (Å²) in [5.74, 6) is 2.41. The van der Waals surface area contributed by atoms with Crippen LogP contribution < -0.4 is 18.9 Å². The molecule has 0 radical (unpaired) electrons. The molecule has 0 bridgehead atoms. The van der Waals surface area contributed by atoms with Crippen molar-refractivity contribution in [2.45, 2.75) is 56.6 Å². The largest absolute Gasteiger partial charge is 0.493 e. The highest BCUT2D eigenvalue weighted by atomic mass is 16.6. The van der Waals surface area contributed by atoms with Crippen LogP contribution in [-0.4, -0.2) is 37.9 Å². The van der Waals surface area contributed by atoms with Crippen molar-refractivity contribution >= 4 is 0 Å². The van der Waals surface area contributed by atoms with Gasteiger partial charge in [0.1, 0.15) is 12.7 Å². The zero-order chi connectivity index (χ0) is 23.8. The molecule has 8 heteroatoms. The summed E-state index contributed by atoms with van der Waals surface area (Å²) in [5.41, 5.74) is 0.0628.